The monoisotopic (exact) mass is 146 g/mol. The van der Waals surface area contributed by atoms with Gasteiger partial charge in [0.25, 0.3) is 0 Å². The molecule has 0 aliphatic heterocycles. The summed E-state index contributed by atoms with van der Waals surface area (Å²) < 4.78 is 0. The third-order valence-corrected chi connectivity index (χ3v) is 1.95. The van der Waals surface area contributed by atoms with Gasteiger partial charge in [-0.1, -0.05) is 20.8 Å². The minimum absolute atomic E-state index is 0.0968. The Morgan fingerprint density at radius 2 is 2.00 bits per heavy atom. The van der Waals surface area contributed by atoms with Gasteiger partial charge in [-0.25, -0.2) is 0 Å². The van der Waals surface area contributed by atoms with Crippen LogP contribution in [0.3, 0.4) is 0 Å². The zero-order valence-electron chi connectivity index (χ0n) is 6.59. The maximum absolute atomic E-state index is 10.4. The molecule has 0 heterocycles. The lowest BCUT2D eigenvalue weighted by atomic mass is 9.81. The van der Waals surface area contributed by atoms with Crippen LogP contribution in [0.1, 0.15) is 20.8 Å². The van der Waals surface area contributed by atoms with Crippen molar-refractivity contribution < 1.29 is 15.0 Å². The van der Waals surface area contributed by atoms with Crippen molar-refractivity contribution >= 4 is 5.97 Å². The topological polar surface area (TPSA) is 57.5 Å². The van der Waals surface area contributed by atoms with Crippen LogP contribution < -0.4 is 0 Å². The predicted octanol–water partition coefficient (Wildman–Crippen LogP) is 0.726. The van der Waals surface area contributed by atoms with E-state index in [4.69, 9.17) is 10.2 Å². The third-order valence-electron chi connectivity index (χ3n) is 1.95. The quantitative estimate of drug-likeness (QED) is 0.617. The molecule has 1 atom stereocenters. The molecule has 2 N–H and O–H groups in total. The van der Waals surface area contributed by atoms with E-state index in [2.05, 4.69) is 0 Å². The number of aliphatic hydroxyl groups is 1. The van der Waals surface area contributed by atoms with Gasteiger partial charge in [-0.3, -0.25) is 4.79 Å². The van der Waals surface area contributed by atoms with Crippen molar-refractivity contribution in [2.24, 2.45) is 11.3 Å². The van der Waals surface area contributed by atoms with Gasteiger partial charge in [0.05, 0.1) is 5.92 Å². The standard InChI is InChI=1S/C7H14O3/c1-5(6(9)10)7(2,3)4-8/h5,8H,4H2,1-3H3,(H,9,10). The molecule has 0 amide bonds. The lowest BCUT2D eigenvalue weighted by Crippen LogP contribution is -2.31. The Bertz CT molecular complexity index is 129. The number of carbonyl (C=O) groups is 1. The summed E-state index contributed by atoms with van der Waals surface area (Å²) in [7, 11) is 0. The van der Waals surface area contributed by atoms with E-state index >= 15 is 0 Å². The highest BCUT2D eigenvalue weighted by Gasteiger charge is 2.30. The molecule has 3 nitrogen and oxygen atoms in total. The molecule has 0 aromatic rings. The fourth-order valence-electron chi connectivity index (χ4n) is 0.471. The largest absolute Gasteiger partial charge is 0.481 e. The normalized spacial score (nSPS) is 14.8. The van der Waals surface area contributed by atoms with Gasteiger partial charge in [0.2, 0.25) is 0 Å². The molecule has 3 heteroatoms. The summed E-state index contributed by atoms with van der Waals surface area (Å²) in [5, 5.41) is 17.3. The lowest BCUT2D eigenvalue weighted by molar-refractivity contribution is -0.146. The Morgan fingerprint density at radius 1 is 1.60 bits per heavy atom. The van der Waals surface area contributed by atoms with Crippen LogP contribution in [-0.2, 0) is 4.79 Å². The average Bonchev–Trinajstić information content (AvgIpc) is 1.86. The van der Waals surface area contributed by atoms with Crippen LogP contribution in [0.2, 0.25) is 0 Å². The lowest BCUT2D eigenvalue weighted by Gasteiger charge is -2.25. The fourth-order valence-corrected chi connectivity index (χ4v) is 0.471. The van der Waals surface area contributed by atoms with E-state index < -0.39 is 17.3 Å². The van der Waals surface area contributed by atoms with Crippen LogP contribution in [0, 0.1) is 11.3 Å². The Morgan fingerprint density at radius 3 is 2.10 bits per heavy atom. The van der Waals surface area contributed by atoms with Crippen molar-refractivity contribution in [3.05, 3.63) is 0 Å². The van der Waals surface area contributed by atoms with Crippen LogP contribution in [0.5, 0.6) is 0 Å². The molecule has 0 aliphatic carbocycles. The van der Waals surface area contributed by atoms with Gasteiger partial charge in [-0.05, 0) is 0 Å². The predicted molar refractivity (Wildman–Crippen MR) is 37.7 cm³/mol. The summed E-state index contributed by atoms with van der Waals surface area (Å²) in [5.74, 6) is -1.36. The number of aliphatic hydroxyl groups excluding tert-OH is 1. The zero-order valence-corrected chi connectivity index (χ0v) is 6.59. The molecule has 0 fully saturated rings. The third kappa shape index (κ3) is 1.99. The van der Waals surface area contributed by atoms with E-state index in [0.29, 0.717) is 0 Å². The summed E-state index contributed by atoms with van der Waals surface area (Å²) in [5.41, 5.74) is -0.522. The fraction of sp³-hybridized carbons (Fsp3) is 0.857. The highest BCUT2D eigenvalue weighted by molar-refractivity contribution is 5.70. The molecular formula is C7H14O3. The van der Waals surface area contributed by atoms with Crippen molar-refractivity contribution in [1.29, 1.82) is 0 Å². The highest BCUT2D eigenvalue weighted by atomic mass is 16.4. The highest BCUT2D eigenvalue weighted by Crippen LogP contribution is 2.25. The van der Waals surface area contributed by atoms with Gasteiger partial charge in [0.15, 0.2) is 0 Å². The van der Waals surface area contributed by atoms with Crippen LogP contribution in [0.15, 0.2) is 0 Å². The van der Waals surface area contributed by atoms with Crippen molar-refractivity contribution in [3.63, 3.8) is 0 Å². The Balaban J connectivity index is 4.17. The second-order valence-corrected chi connectivity index (χ2v) is 3.21. The van der Waals surface area contributed by atoms with Crippen LogP contribution in [0.4, 0.5) is 0 Å². The van der Waals surface area contributed by atoms with Crippen molar-refractivity contribution in [2.45, 2.75) is 20.8 Å². The van der Waals surface area contributed by atoms with Crippen LogP contribution in [0.25, 0.3) is 0 Å². The molecule has 0 bridgehead atoms. The molecule has 0 rings (SSSR count). The summed E-state index contributed by atoms with van der Waals surface area (Å²) in [6, 6.07) is 0. The molecule has 0 aromatic carbocycles. The van der Waals surface area contributed by atoms with Gasteiger partial charge >= 0.3 is 5.97 Å². The van der Waals surface area contributed by atoms with Gasteiger partial charge in [0, 0.05) is 12.0 Å². The Labute approximate surface area is 60.7 Å². The number of carboxylic acids is 1. The Kier molecular flexibility index (Phi) is 2.84. The summed E-state index contributed by atoms with van der Waals surface area (Å²) >= 11 is 0. The van der Waals surface area contributed by atoms with Crippen molar-refractivity contribution in [2.75, 3.05) is 6.61 Å². The first-order chi connectivity index (χ1) is 4.41. The van der Waals surface area contributed by atoms with Crippen molar-refractivity contribution in [3.8, 4) is 0 Å². The average molecular weight is 146 g/mol. The van der Waals surface area contributed by atoms with Crippen LogP contribution >= 0.6 is 0 Å². The van der Waals surface area contributed by atoms with E-state index in [9.17, 15) is 4.79 Å². The first-order valence-electron chi connectivity index (χ1n) is 3.25. The number of rotatable bonds is 3. The summed E-state index contributed by atoms with van der Waals surface area (Å²) in [6.07, 6.45) is 0. The van der Waals surface area contributed by atoms with E-state index in [1.165, 1.54) is 0 Å². The molecular weight excluding hydrogens is 132 g/mol. The molecule has 1 unspecified atom stereocenters. The first-order valence-corrected chi connectivity index (χ1v) is 3.25. The van der Waals surface area contributed by atoms with E-state index in [0.717, 1.165) is 0 Å². The number of hydrogen-bond donors (Lipinski definition) is 2. The van der Waals surface area contributed by atoms with E-state index in [1.54, 1.807) is 20.8 Å². The zero-order chi connectivity index (χ0) is 8.36. The van der Waals surface area contributed by atoms with Gasteiger partial charge < -0.3 is 10.2 Å². The molecule has 60 valence electrons. The van der Waals surface area contributed by atoms with Crippen molar-refractivity contribution in [1.82, 2.24) is 0 Å². The molecule has 0 aliphatic rings. The number of carboxylic acid groups (broad SMARTS) is 1. The summed E-state index contributed by atoms with van der Waals surface area (Å²) in [6.45, 7) is 4.95. The SMILES string of the molecule is CC(C(=O)O)C(C)(C)CO. The smallest absolute Gasteiger partial charge is 0.306 e. The molecule has 0 saturated carbocycles. The Hall–Kier alpha value is -0.570. The minimum atomic E-state index is -0.862. The number of aliphatic carboxylic acids is 1. The van der Waals surface area contributed by atoms with Gasteiger partial charge in [-0.15, -0.1) is 0 Å². The molecule has 0 spiro atoms. The molecule has 0 radical (unpaired) electrons. The van der Waals surface area contributed by atoms with Crippen LogP contribution in [-0.4, -0.2) is 22.8 Å². The van der Waals surface area contributed by atoms with Gasteiger partial charge in [0.1, 0.15) is 0 Å². The number of hydrogen-bond acceptors (Lipinski definition) is 2. The summed E-state index contributed by atoms with van der Waals surface area (Å²) in [4.78, 5) is 10.4. The molecule has 10 heavy (non-hydrogen) atoms. The minimum Gasteiger partial charge on any atom is -0.481 e. The first kappa shape index (κ1) is 9.43. The maximum atomic E-state index is 10.4. The second kappa shape index (κ2) is 3.01. The maximum Gasteiger partial charge on any atom is 0.306 e. The second-order valence-electron chi connectivity index (χ2n) is 3.21. The molecule has 0 aromatic heterocycles. The van der Waals surface area contributed by atoms with Gasteiger partial charge in [-0.2, -0.15) is 0 Å². The van der Waals surface area contributed by atoms with E-state index in [1.807, 2.05) is 0 Å². The molecule has 0 saturated heterocycles. The van der Waals surface area contributed by atoms with E-state index in [-0.39, 0.29) is 6.61 Å².